The van der Waals surface area contributed by atoms with E-state index in [1.54, 1.807) is 31.4 Å². The molecule has 1 unspecified atom stereocenters. The van der Waals surface area contributed by atoms with Crippen LogP contribution in [0.25, 0.3) is 0 Å². The second kappa shape index (κ2) is 6.36. The van der Waals surface area contributed by atoms with Gasteiger partial charge in [0.1, 0.15) is 11.7 Å². The van der Waals surface area contributed by atoms with Crippen molar-refractivity contribution < 1.29 is 9.53 Å². The number of carbonyl (C=O) groups excluding carboxylic acids is 1. The third-order valence-electron chi connectivity index (χ3n) is 3.17. The van der Waals surface area contributed by atoms with Gasteiger partial charge >= 0.3 is 0 Å². The van der Waals surface area contributed by atoms with Crippen LogP contribution in [0.1, 0.15) is 33.6 Å². The fraction of sp³-hybridized carbons (Fsp3) is 0.250. The Hall–Kier alpha value is -2.12. The molecule has 0 amide bonds. The molecule has 3 nitrogen and oxygen atoms in total. The molecule has 0 aliphatic heterocycles. The van der Waals surface area contributed by atoms with Crippen LogP contribution >= 0.6 is 11.3 Å². The predicted molar refractivity (Wildman–Crippen MR) is 79.4 cm³/mol. The van der Waals surface area contributed by atoms with Gasteiger partial charge in [-0.2, -0.15) is 5.26 Å². The molecule has 20 heavy (non-hydrogen) atoms. The summed E-state index contributed by atoms with van der Waals surface area (Å²) >= 11 is 1.40. The minimum absolute atomic E-state index is 0.132. The summed E-state index contributed by atoms with van der Waals surface area (Å²) in [4.78, 5) is 13.2. The number of hydrogen-bond acceptors (Lipinski definition) is 4. The van der Waals surface area contributed by atoms with Crippen LogP contribution < -0.4 is 4.74 Å². The van der Waals surface area contributed by atoms with Gasteiger partial charge in [0.25, 0.3) is 0 Å². The van der Waals surface area contributed by atoms with Crippen LogP contribution in [0.5, 0.6) is 5.75 Å². The summed E-state index contributed by atoms with van der Waals surface area (Å²) in [7, 11) is 1.57. The molecule has 0 bridgehead atoms. The number of ether oxygens (including phenoxy) is 1. The van der Waals surface area contributed by atoms with Crippen LogP contribution in [-0.4, -0.2) is 12.9 Å². The topological polar surface area (TPSA) is 50.1 Å². The van der Waals surface area contributed by atoms with Crippen molar-refractivity contribution in [3.63, 3.8) is 0 Å². The van der Waals surface area contributed by atoms with E-state index in [-0.39, 0.29) is 5.78 Å². The van der Waals surface area contributed by atoms with Gasteiger partial charge in [-0.1, -0.05) is 19.1 Å². The number of thiophene rings is 1. The van der Waals surface area contributed by atoms with Gasteiger partial charge in [0.2, 0.25) is 0 Å². The number of rotatable bonds is 5. The largest absolute Gasteiger partial charge is 0.497 e. The highest BCUT2D eigenvalue weighted by Gasteiger charge is 2.24. The average molecular weight is 285 g/mol. The van der Waals surface area contributed by atoms with Crippen molar-refractivity contribution in [3.8, 4) is 11.8 Å². The van der Waals surface area contributed by atoms with E-state index in [0.29, 0.717) is 16.2 Å². The smallest absolute Gasteiger partial charge is 0.194 e. The van der Waals surface area contributed by atoms with Crippen molar-refractivity contribution in [1.82, 2.24) is 0 Å². The molecular formula is C16H15NO2S. The van der Waals surface area contributed by atoms with Gasteiger partial charge in [0.05, 0.1) is 18.1 Å². The Morgan fingerprint density at radius 2 is 2.25 bits per heavy atom. The lowest BCUT2D eigenvalue weighted by molar-refractivity contribution is 0.0982. The number of aryl methyl sites for hydroxylation is 1. The highest BCUT2D eigenvalue weighted by Crippen LogP contribution is 2.28. The Labute approximate surface area is 122 Å². The fourth-order valence-corrected chi connectivity index (χ4v) is 3.03. The Bertz CT molecular complexity index is 654. The number of Topliss-reactive ketones (excluding diaryl/α,β-unsaturated/α-hetero) is 1. The first-order chi connectivity index (χ1) is 9.71. The number of ketones is 1. The Morgan fingerprint density at radius 3 is 2.90 bits per heavy atom. The summed E-state index contributed by atoms with van der Waals surface area (Å²) in [5.41, 5.74) is 1.68. The Balaban J connectivity index is 2.37. The lowest BCUT2D eigenvalue weighted by Crippen LogP contribution is -2.11. The Kier molecular flexibility index (Phi) is 4.54. The number of nitrogens with zero attached hydrogens (tertiary/aromatic N) is 1. The minimum Gasteiger partial charge on any atom is -0.497 e. The maximum Gasteiger partial charge on any atom is 0.194 e. The van der Waals surface area contributed by atoms with E-state index in [1.165, 1.54) is 11.3 Å². The summed E-state index contributed by atoms with van der Waals surface area (Å²) in [5.74, 6) is -0.265. The SMILES string of the molecule is CCc1ccsc1C(=O)C(C#N)c1cccc(OC)c1. The number of benzene rings is 1. The van der Waals surface area contributed by atoms with Gasteiger partial charge in [0, 0.05) is 0 Å². The molecular weight excluding hydrogens is 270 g/mol. The number of hydrogen-bond donors (Lipinski definition) is 0. The van der Waals surface area contributed by atoms with Gasteiger partial charge in [-0.3, -0.25) is 4.79 Å². The molecule has 1 atom stereocenters. The third-order valence-corrected chi connectivity index (χ3v) is 4.14. The molecule has 0 saturated heterocycles. The van der Waals surface area contributed by atoms with Crippen LogP contribution in [0, 0.1) is 11.3 Å². The first kappa shape index (κ1) is 14.3. The second-order valence-corrected chi connectivity index (χ2v) is 5.25. The zero-order valence-corrected chi connectivity index (χ0v) is 12.2. The highest BCUT2D eigenvalue weighted by molar-refractivity contribution is 7.12. The summed E-state index contributed by atoms with van der Waals surface area (Å²) in [6.45, 7) is 2.01. The molecule has 2 rings (SSSR count). The molecule has 0 N–H and O–H groups in total. The van der Waals surface area contributed by atoms with Crippen molar-refractivity contribution in [2.24, 2.45) is 0 Å². The predicted octanol–water partition coefficient (Wildman–Crippen LogP) is 3.81. The number of carbonyl (C=O) groups is 1. The van der Waals surface area contributed by atoms with Gasteiger partial charge in [-0.15, -0.1) is 11.3 Å². The van der Waals surface area contributed by atoms with Gasteiger partial charge in [-0.25, -0.2) is 0 Å². The molecule has 0 fully saturated rings. The van der Waals surface area contributed by atoms with Crippen molar-refractivity contribution >= 4 is 17.1 Å². The molecule has 1 aromatic carbocycles. The quantitative estimate of drug-likeness (QED) is 0.785. The molecule has 0 aliphatic carbocycles. The van der Waals surface area contributed by atoms with Crippen LogP contribution in [0.4, 0.5) is 0 Å². The zero-order valence-electron chi connectivity index (χ0n) is 11.4. The maximum atomic E-state index is 12.6. The van der Waals surface area contributed by atoms with Crippen LogP contribution in [0.15, 0.2) is 35.7 Å². The molecule has 0 spiro atoms. The third kappa shape index (κ3) is 2.73. The summed E-state index contributed by atoms with van der Waals surface area (Å²) in [6, 6.07) is 11.2. The zero-order chi connectivity index (χ0) is 14.5. The number of methoxy groups -OCH3 is 1. The Morgan fingerprint density at radius 1 is 1.45 bits per heavy atom. The van der Waals surface area contributed by atoms with E-state index in [4.69, 9.17) is 4.74 Å². The normalized spacial score (nSPS) is 11.7. The minimum atomic E-state index is -0.783. The average Bonchev–Trinajstić information content (AvgIpc) is 2.96. The van der Waals surface area contributed by atoms with Crippen LogP contribution in [0.3, 0.4) is 0 Å². The van der Waals surface area contributed by atoms with Crippen molar-refractivity contribution in [1.29, 1.82) is 5.26 Å². The van der Waals surface area contributed by atoms with E-state index in [2.05, 4.69) is 6.07 Å². The van der Waals surface area contributed by atoms with Crippen LogP contribution in [-0.2, 0) is 6.42 Å². The van der Waals surface area contributed by atoms with Crippen molar-refractivity contribution in [3.05, 3.63) is 51.7 Å². The summed E-state index contributed by atoms with van der Waals surface area (Å²) in [6.07, 6.45) is 0.792. The van der Waals surface area contributed by atoms with E-state index in [9.17, 15) is 10.1 Å². The molecule has 102 valence electrons. The van der Waals surface area contributed by atoms with E-state index in [1.807, 2.05) is 18.4 Å². The van der Waals surface area contributed by atoms with E-state index in [0.717, 1.165) is 12.0 Å². The first-order valence-electron chi connectivity index (χ1n) is 6.35. The molecule has 0 aliphatic rings. The van der Waals surface area contributed by atoms with E-state index < -0.39 is 5.92 Å². The molecule has 1 aromatic heterocycles. The monoisotopic (exact) mass is 285 g/mol. The molecule has 1 heterocycles. The van der Waals surface area contributed by atoms with Crippen LogP contribution in [0.2, 0.25) is 0 Å². The molecule has 0 saturated carbocycles. The van der Waals surface area contributed by atoms with Gasteiger partial charge < -0.3 is 4.74 Å². The van der Waals surface area contributed by atoms with Crippen molar-refractivity contribution in [2.75, 3.05) is 7.11 Å². The molecule has 0 radical (unpaired) electrons. The van der Waals surface area contributed by atoms with Crippen molar-refractivity contribution in [2.45, 2.75) is 19.3 Å². The summed E-state index contributed by atoms with van der Waals surface area (Å²) in [5, 5.41) is 11.3. The lowest BCUT2D eigenvalue weighted by Gasteiger charge is -2.10. The lowest BCUT2D eigenvalue weighted by atomic mass is 9.93. The number of nitriles is 1. The molecule has 2 aromatic rings. The van der Waals surface area contributed by atoms with Gasteiger partial charge in [-0.05, 0) is 41.1 Å². The first-order valence-corrected chi connectivity index (χ1v) is 7.23. The maximum absolute atomic E-state index is 12.6. The fourth-order valence-electron chi connectivity index (χ4n) is 2.07. The van der Waals surface area contributed by atoms with E-state index >= 15 is 0 Å². The highest BCUT2D eigenvalue weighted by atomic mass is 32.1. The standard InChI is InChI=1S/C16H15NO2S/c1-3-11-7-8-20-16(11)15(18)14(10-17)12-5-4-6-13(9-12)19-2/h4-9,14H,3H2,1-2H3. The second-order valence-electron chi connectivity index (χ2n) is 4.33. The van der Waals surface area contributed by atoms with Gasteiger partial charge in [0.15, 0.2) is 5.78 Å². The molecule has 4 heteroatoms. The summed E-state index contributed by atoms with van der Waals surface area (Å²) < 4.78 is 5.15.